The maximum atomic E-state index is 9.44. The number of nitrogen functional groups attached to an aromatic ring is 1. The molecule has 0 aliphatic rings. The van der Waals surface area contributed by atoms with Gasteiger partial charge in [-0.1, -0.05) is 35.3 Å². The summed E-state index contributed by atoms with van der Waals surface area (Å²) in [6, 6.07) is 12.1. The Morgan fingerprint density at radius 1 is 1.11 bits per heavy atom. The number of aromatic nitrogens is 2. The zero-order valence-corrected chi connectivity index (χ0v) is 16.0. The average molecular weight is 402 g/mol. The lowest BCUT2D eigenvalue weighted by atomic mass is 10.0. The number of aromatic hydroxyl groups is 1. The molecule has 1 heterocycles. The van der Waals surface area contributed by atoms with Gasteiger partial charge in [0, 0.05) is 10.0 Å². The molecule has 0 amide bonds. The van der Waals surface area contributed by atoms with Crippen LogP contribution in [0.4, 0.5) is 5.82 Å². The first-order valence-electron chi connectivity index (χ1n) is 8.08. The van der Waals surface area contributed by atoms with E-state index >= 15 is 0 Å². The molecule has 7 heteroatoms. The summed E-state index contributed by atoms with van der Waals surface area (Å²) in [6.45, 7) is 2.16. The number of ether oxygens (including phenoxy) is 1. The number of allylic oxidation sites excluding steroid dienone is 1. The van der Waals surface area contributed by atoms with Gasteiger partial charge in [-0.15, -0.1) is 0 Å². The van der Waals surface area contributed by atoms with Crippen LogP contribution in [0.2, 0.25) is 10.0 Å². The van der Waals surface area contributed by atoms with Gasteiger partial charge in [0.2, 0.25) is 5.88 Å². The topological polar surface area (TPSA) is 81.3 Å². The quantitative estimate of drug-likeness (QED) is 0.612. The number of nitrogens with two attached hydrogens (primary N) is 1. The molecular weight excluding hydrogens is 385 g/mol. The number of anilines is 1. The third-order valence-corrected chi connectivity index (χ3v) is 4.30. The van der Waals surface area contributed by atoms with Crippen LogP contribution in [0.15, 0.2) is 48.8 Å². The molecule has 0 spiro atoms. The minimum absolute atomic E-state index is 0.207. The van der Waals surface area contributed by atoms with Gasteiger partial charge in [-0.25, -0.2) is 9.97 Å². The van der Waals surface area contributed by atoms with Gasteiger partial charge in [-0.05, 0) is 60.0 Å². The molecule has 0 unspecified atom stereocenters. The number of phenolic OH excluding ortho intramolecular Hbond substituents is 1. The molecule has 0 fully saturated rings. The monoisotopic (exact) mass is 401 g/mol. The summed E-state index contributed by atoms with van der Waals surface area (Å²) in [5, 5.41) is 10.5. The Hall–Kier alpha value is -2.76. The van der Waals surface area contributed by atoms with Gasteiger partial charge in [0.05, 0.1) is 5.56 Å². The van der Waals surface area contributed by atoms with E-state index in [-0.39, 0.29) is 12.4 Å². The second-order valence-corrected chi connectivity index (χ2v) is 6.79. The van der Waals surface area contributed by atoms with E-state index in [9.17, 15) is 5.11 Å². The van der Waals surface area contributed by atoms with E-state index in [1.165, 1.54) is 6.33 Å². The number of hydrogen-bond donors (Lipinski definition) is 2. The van der Waals surface area contributed by atoms with Crippen molar-refractivity contribution in [3.05, 3.63) is 75.5 Å². The maximum absolute atomic E-state index is 9.44. The SMILES string of the molecule is C/C(=C\c1c(N)ncnc1OCc1cc(Cl)cc(Cl)c1)c1ccc(O)cc1. The molecule has 0 saturated heterocycles. The summed E-state index contributed by atoms with van der Waals surface area (Å²) >= 11 is 12.0. The Morgan fingerprint density at radius 3 is 2.44 bits per heavy atom. The Labute approximate surface area is 167 Å². The van der Waals surface area contributed by atoms with Gasteiger partial charge >= 0.3 is 0 Å². The first-order chi connectivity index (χ1) is 12.9. The second-order valence-electron chi connectivity index (χ2n) is 5.92. The predicted molar refractivity (Wildman–Crippen MR) is 109 cm³/mol. The molecule has 1 aromatic heterocycles. The lowest BCUT2D eigenvalue weighted by Gasteiger charge is -2.11. The Balaban J connectivity index is 1.88. The van der Waals surface area contributed by atoms with Gasteiger partial charge in [-0.2, -0.15) is 0 Å². The minimum atomic E-state index is 0.207. The zero-order chi connectivity index (χ0) is 19.4. The highest BCUT2D eigenvalue weighted by atomic mass is 35.5. The summed E-state index contributed by atoms with van der Waals surface area (Å²) in [7, 11) is 0. The Morgan fingerprint density at radius 2 is 1.78 bits per heavy atom. The maximum Gasteiger partial charge on any atom is 0.226 e. The molecule has 3 N–H and O–H groups in total. The zero-order valence-electron chi connectivity index (χ0n) is 14.5. The van der Waals surface area contributed by atoms with Crippen molar-refractivity contribution in [3.8, 4) is 11.6 Å². The van der Waals surface area contributed by atoms with Crippen LogP contribution in [0.5, 0.6) is 11.6 Å². The summed E-state index contributed by atoms with van der Waals surface area (Å²) < 4.78 is 5.84. The van der Waals surface area contributed by atoms with Crippen molar-refractivity contribution in [3.63, 3.8) is 0 Å². The smallest absolute Gasteiger partial charge is 0.226 e. The van der Waals surface area contributed by atoms with Crippen molar-refractivity contribution in [1.29, 1.82) is 0 Å². The van der Waals surface area contributed by atoms with Crippen LogP contribution in [-0.2, 0) is 6.61 Å². The Bertz CT molecular complexity index is 969. The lowest BCUT2D eigenvalue weighted by Crippen LogP contribution is -2.03. The first kappa shape index (κ1) is 19.0. The molecule has 0 saturated carbocycles. The standard InChI is InChI=1S/C20H17Cl2N3O2/c1-12(14-2-4-17(26)5-3-14)6-18-19(23)24-11-25-20(18)27-10-13-7-15(21)9-16(22)8-13/h2-9,11,26H,10H2,1H3,(H2,23,24,25)/b12-6+. The van der Waals surface area contributed by atoms with E-state index in [2.05, 4.69) is 9.97 Å². The molecule has 3 aromatic rings. The van der Waals surface area contributed by atoms with E-state index in [1.54, 1.807) is 30.3 Å². The largest absolute Gasteiger partial charge is 0.508 e. The van der Waals surface area contributed by atoms with Gasteiger partial charge in [0.15, 0.2) is 0 Å². The third-order valence-electron chi connectivity index (χ3n) is 3.86. The van der Waals surface area contributed by atoms with E-state index in [0.29, 0.717) is 27.3 Å². The van der Waals surface area contributed by atoms with E-state index < -0.39 is 0 Å². The Kier molecular flexibility index (Phi) is 5.84. The molecule has 0 bridgehead atoms. The van der Waals surface area contributed by atoms with E-state index in [0.717, 1.165) is 16.7 Å². The van der Waals surface area contributed by atoms with Crippen molar-refractivity contribution in [1.82, 2.24) is 9.97 Å². The summed E-state index contributed by atoms with van der Waals surface area (Å²) in [4.78, 5) is 8.24. The summed E-state index contributed by atoms with van der Waals surface area (Å²) in [5.41, 5.74) is 9.28. The lowest BCUT2D eigenvalue weighted by molar-refractivity contribution is 0.293. The van der Waals surface area contributed by atoms with Gasteiger partial charge in [0.1, 0.15) is 24.5 Å². The third kappa shape index (κ3) is 4.90. The van der Waals surface area contributed by atoms with Gasteiger partial charge in [0.25, 0.3) is 0 Å². The van der Waals surface area contributed by atoms with Crippen molar-refractivity contribution in [2.45, 2.75) is 13.5 Å². The number of rotatable bonds is 5. The molecule has 138 valence electrons. The van der Waals surface area contributed by atoms with Crippen LogP contribution < -0.4 is 10.5 Å². The fourth-order valence-corrected chi connectivity index (χ4v) is 3.08. The van der Waals surface area contributed by atoms with Crippen molar-refractivity contribution in [2.24, 2.45) is 0 Å². The van der Waals surface area contributed by atoms with Crippen LogP contribution in [0.25, 0.3) is 11.6 Å². The van der Waals surface area contributed by atoms with Gasteiger partial charge < -0.3 is 15.6 Å². The molecule has 2 aromatic carbocycles. The van der Waals surface area contributed by atoms with Crippen molar-refractivity contribution >= 4 is 40.7 Å². The van der Waals surface area contributed by atoms with E-state index in [1.807, 2.05) is 25.1 Å². The minimum Gasteiger partial charge on any atom is -0.508 e. The number of benzene rings is 2. The highest BCUT2D eigenvalue weighted by molar-refractivity contribution is 6.34. The molecule has 3 rings (SSSR count). The average Bonchev–Trinajstić information content (AvgIpc) is 2.62. The number of halogens is 2. The molecule has 0 atom stereocenters. The predicted octanol–water partition coefficient (Wildman–Crippen LogP) is 5.21. The molecule has 5 nitrogen and oxygen atoms in total. The van der Waals surface area contributed by atoms with Crippen LogP contribution in [0.1, 0.15) is 23.6 Å². The van der Waals surface area contributed by atoms with Crippen molar-refractivity contribution < 1.29 is 9.84 Å². The summed E-state index contributed by atoms with van der Waals surface area (Å²) in [5.74, 6) is 0.872. The van der Waals surface area contributed by atoms with Crippen LogP contribution in [0.3, 0.4) is 0 Å². The first-order valence-corrected chi connectivity index (χ1v) is 8.84. The van der Waals surface area contributed by atoms with Crippen molar-refractivity contribution in [2.75, 3.05) is 5.73 Å². The highest BCUT2D eigenvalue weighted by Crippen LogP contribution is 2.28. The molecular formula is C20H17Cl2N3O2. The number of hydrogen-bond acceptors (Lipinski definition) is 5. The van der Waals surface area contributed by atoms with E-state index in [4.69, 9.17) is 33.7 Å². The molecule has 0 radical (unpaired) electrons. The normalized spacial score (nSPS) is 11.4. The molecule has 27 heavy (non-hydrogen) atoms. The molecule has 0 aliphatic carbocycles. The number of phenols is 1. The van der Waals surface area contributed by atoms with Gasteiger partial charge in [-0.3, -0.25) is 0 Å². The fourth-order valence-electron chi connectivity index (χ4n) is 2.51. The fraction of sp³-hybridized carbons (Fsp3) is 0.100. The van der Waals surface area contributed by atoms with Crippen LogP contribution in [0, 0.1) is 0 Å². The second kappa shape index (κ2) is 8.29. The number of nitrogens with zero attached hydrogens (tertiary/aromatic N) is 2. The van der Waals surface area contributed by atoms with Crippen LogP contribution in [-0.4, -0.2) is 15.1 Å². The van der Waals surface area contributed by atoms with Crippen LogP contribution >= 0.6 is 23.2 Å². The summed E-state index contributed by atoms with van der Waals surface area (Å²) in [6.07, 6.45) is 3.20. The highest BCUT2D eigenvalue weighted by Gasteiger charge is 2.10. The molecule has 0 aliphatic heterocycles.